The molecule has 0 aliphatic heterocycles. The number of rotatable bonds is 6. The van der Waals surface area contributed by atoms with E-state index >= 15 is 0 Å². The highest BCUT2D eigenvalue weighted by molar-refractivity contribution is 7.91. The Balaban J connectivity index is 1.50. The van der Waals surface area contributed by atoms with Crippen LogP contribution in [0.2, 0.25) is 0 Å². The summed E-state index contributed by atoms with van der Waals surface area (Å²) < 4.78 is 63.9. The van der Waals surface area contributed by atoms with E-state index in [9.17, 15) is 17.2 Å². The van der Waals surface area contributed by atoms with Crippen LogP contribution in [0.3, 0.4) is 0 Å². The molecule has 0 aliphatic carbocycles. The van der Waals surface area contributed by atoms with Crippen molar-refractivity contribution in [2.24, 2.45) is 0 Å². The Kier molecular flexibility index (Phi) is 5.89. The number of anilines is 2. The number of hydrogen-bond donors (Lipinski definition) is 2. The number of sulfone groups is 1. The second kappa shape index (κ2) is 8.79. The zero-order valence-corrected chi connectivity index (χ0v) is 17.9. The average molecular weight is 468 g/mol. The molecule has 6 nitrogen and oxygen atoms in total. The van der Waals surface area contributed by atoms with Crippen LogP contribution in [0.1, 0.15) is 0 Å². The fraction of sp³-hybridized carbons (Fsp3) is 0. The van der Waals surface area contributed by atoms with Crippen LogP contribution in [0.25, 0.3) is 0 Å². The molecule has 0 atom stereocenters. The van der Waals surface area contributed by atoms with Gasteiger partial charge in [0.25, 0.3) is 0 Å². The molecule has 168 valence electrons. The molecule has 4 aromatic carbocycles. The number of hydrogen-bond acceptors (Lipinski definition) is 6. The van der Waals surface area contributed by atoms with Crippen LogP contribution in [0.15, 0.2) is 94.7 Å². The summed E-state index contributed by atoms with van der Waals surface area (Å²) in [5.74, 6) is -0.0680. The molecule has 0 aliphatic rings. The molecule has 4 aromatic rings. The maximum Gasteiger partial charge on any atom is 0.206 e. The Hall–Kier alpha value is -4.11. The molecule has 9 heteroatoms. The first kappa shape index (κ1) is 22.1. The Morgan fingerprint density at radius 3 is 1.24 bits per heavy atom. The minimum absolute atomic E-state index is 0.0418. The van der Waals surface area contributed by atoms with Crippen molar-refractivity contribution in [1.29, 1.82) is 0 Å². The average Bonchev–Trinajstić information content (AvgIpc) is 2.73. The van der Waals surface area contributed by atoms with E-state index in [0.29, 0.717) is 11.5 Å². The molecule has 0 bridgehead atoms. The van der Waals surface area contributed by atoms with Crippen molar-refractivity contribution in [2.75, 3.05) is 11.5 Å². The Bertz CT molecular complexity index is 1260. The van der Waals surface area contributed by atoms with Crippen LogP contribution in [0.4, 0.5) is 20.2 Å². The summed E-state index contributed by atoms with van der Waals surface area (Å²) in [5.41, 5.74) is 11.6. The predicted octanol–water partition coefficient (Wildman–Crippen LogP) is 5.55. The Labute approximate surface area is 188 Å². The number of ether oxygens (including phenoxy) is 2. The van der Waals surface area contributed by atoms with Gasteiger partial charge in [0, 0.05) is 35.6 Å². The smallest absolute Gasteiger partial charge is 0.206 e. The van der Waals surface area contributed by atoms with Gasteiger partial charge >= 0.3 is 0 Å². The number of benzene rings is 4. The van der Waals surface area contributed by atoms with Gasteiger partial charge in [0.1, 0.15) is 34.6 Å². The first-order valence-electron chi connectivity index (χ1n) is 9.62. The summed E-state index contributed by atoms with van der Waals surface area (Å²) in [4.78, 5) is 0.0837. The van der Waals surface area contributed by atoms with Gasteiger partial charge in [-0.15, -0.1) is 0 Å². The van der Waals surface area contributed by atoms with E-state index in [-0.39, 0.29) is 32.7 Å². The molecule has 0 aromatic heterocycles. The highest BCUT2D eigenvalue weighted by Crippen LogP contribution is 2.30. The molecule has 0 spiro atoms. The zero-order valence-electron chi connectivity index (χ0n) is 17.0. The summed E-state index contributed by atoms with van der Waals surface area (Å²) in [6, 6.07) is 18.9. The lowest BCUT2D eigenvalue weighted by Crippen LogP contribution is -2.02. The lowest BCUT2D eigenvalue weighted by molar-refractivity contribution is 0.476. The molecule has 0 amide bonds. The number of nitrogen functional groups attached to an aromatic ring is 2. The van der Waals surface area contributed by atoms with E-state index < -0.39 is 21.5 Å². The topological polar surface area (TPSA) is 105 Å². The highest BCUT2D eigenvalue weighted by atomic mass is 32.2. The van der Waals surface area contributed by atoms with Crippen LogP contribution in [0, 0.1) is 11.6 Å². The first-order valence-corrected chi connectivity index (χ1v) is 11.1. The van der Waals surface area contributed by atoms with Crippen molar-refractivity contribution in [2.45, 2.75) is 9.79 Å². The van der Waals surface area contributed by atoms with Crippen LogP contribution >= 0.6 is 0 Å². The minimum atomic E-state index is -3.82. The third kappa shape index (κ3) is 5.21. The molecular formula is C24H18F2N2O4S. The van der Waals surface area contributed by atoms with Gasteiger partial charge in [0.2, 0.25) is 9.84 Å². The molecule has 4 rings (SSSR count). The number of halogens is 2. The van der Waals surface area contributed by atoms with Crippen molar-refractivity contribution < 1.29 is 26.7 Å². The van der Waals surface area contributed by atoms with E-state index in [0.717, 1.165) is 12.1 Å². The SMILES string of the molecule is Nc1cc(F)cc(Oc2ccc(S(=O)(=O)c3ccc(Oc4cc(N)cc(F)c4)cc3)cc2)c1. The van der Waals surface area contributed by atoms with Crippen LogP contribution in [0.5, 0.6) is 23.0 Å². The second-order valence-corrected chi connectivity index (χ2v) is 9.04. The van der Waals surface area contributed by atoms with Gasteiger partial charge in [0.15, 0.2) is 0 Å². The van der Waals surface area contributed by atoms with E-state index in [1.165, 1.54) is 72.8 Å². The van der Waals surface area contributed by atoms with Crippen LogP contribution in [-0.4, -0.2) is 8.42 Å². The summed E-state index contributed by atoms with van der Waals surface area (Å²) in [5, 5.41) is 0. The molecule has 0 saturated heterocycles. The lowest BCUT2D eigenvalue weighted by Gasteiger charge is -2.10. The molecule has 4 N–H and O–H groups in total. The van der Waals surface area contributed by atoms with Gasteiger partial charge in [0.05, 0.1) is 9.79 Å². The molecular weight excluding hydrogens is 450 g/mol. The van der Waals surface area contributed by atoms with Crippen molar-refractivity contribution in [1.82, 2.24) is 0 Å². The minimum Gasteiger partial charge on any atom is -0.457 e. The summed E-state index contributed by atoms with van der Waals surface area (Å²) >= 11 is 0. The van der Waals surface area contributed by atoms with Crippen molar-refractivity contribution in [3.63, 3.8) is 0 Å². The standard InChI is InChI=1S/C24H18F2N2O4S/c25-15-9-17(27)13-21(11-15)31-19-1-5-23(6-2-19)33(29,30)24-7-3-20(4-8-24)32-22-12-16(26)10-18(28)14-22/h1-14H,27-28H2. The number of nitrogens with two attached hydrogens (primary N) is 2. The predicted molar refractivity (Wildman–Crippen MR) is 120 cm³/mol. The lowest BCUT2D eigenvalue weighted by atomic mass is 10.3. The van der Waals surface area contributed by atoms with E-state index in [1.807, 2.05) is 0 Å². The van der Waals surface area contributed by atoms with Gasteiger partial charge < -0.3 is 20.9 Å². The zero-order chi connectivity index (χ0) is 23.6. The third-order valence-corrected chi connectivity index (χ3v) is 6.31. The Morgan fingerprint density at radius 2 is 0.909 bits per heavy atom. The maximum absolute atomic E-state index is 13.5. The first-order chi connectivity index (χ1) is 15.7. The molecule has 33 heavy (non-hydrogen) atoms. The fourth-order valence-corrected chi connectivity index (χ4v) is 4.33. The quantitative estimate of drug-likeness (QED) is 0.360. The van der Waals surface area contributed by atoms with Gasteiger partial charge in [-0.1, -0.05) is 0 Å². The largest absolute Gasteiger partial charge is 0.457 e. The summed E-state index contributed by atoms with van der Waals surface area (Å²) in [6.45, 7) is 0. The monoisotopic (exact) mass is 468 g/mol. The normalized spacial score (nSPS) is 11.2. The van der Waals surface area contributed by atoms with Gasteiger partial charge in [-0.2, -0.15) is 0 Å². The molecule has 0 unspecified atom stereocenters. The van der Waals surface area contributed by atoms with E-state index in [2.05, 4.69) is 0 Å². The van der Waals surface area contributed by atoms with Gasteiger partial charge in [-0.25, -0.2) is 17.2 Å². The summed E-state index contributed by atoms with van der Waals surface area (Å²) in [6.07, 6.45) is 0. The van der Waals surface area contributed by atoms with E-state index in [4.69, 9.17) is 20.9 Å². The molecule has 0 heterocycles. The van der Waals surface area contributed by atoms with Crippen molar-refractivity contribution in [3.05, 3.63) is 96.6 Å². The molecule has 0 fully saturated rings. The van der Waals surface area contributed by atoms with Gasteiger partial charge in [-0.05, 0) is 60.7 Å². The van der Waals surface area contributed by atoms with Crippen molar-refractivity contribution in [3.8, 4) is 23.0 Å². The maximum atomic E-state index is 13.5. The highest BCUT2D eigenvalue weighted by Gasteiger charge is 2.18. The summed E-state index contributed by atoms with van der Waals surface area (Å²) in [7, 11) is -3.82. The molecule has 0 radical (unpaired) electrons. The van der Waals surface area contributed by atoms with Crippen molar-refractivity contribution >= 4 is 21.2 Å². The second-order valence-electron chi connectivity index (χ2n) is 7.09. The van der Waals surface area contributed by atoms with E-state index in [1.54, 1.807) is 0 Å². The van der Waals surface area contributed by atoms with Gasteiger partial charge in [-0.3, -0.25) is 0 Å². The molecule has 0 saturated carbocycles. The Morgan fingerprint density at radius 1 is 0.545 bits per heavy atom. The van der Waals surface area contributed by atoms with Crippen LogP contribution < -0.4 is 20.9 Å². The van der Waals surface area contributed by atoms with Crippen LogP contribution in [-0.2, 0) is 9.84 Å². The third-order valence-electron chi connectivity index (χ3n) is 4.53. The fourth-order valence-electron chi connectivity index (χ4n) is 3.07.